The van der Waals surface area contributed by atoms with Crippen LogP contribution in [0.25, 0.3) is 0 Å². The van der Waals surface area contributed by atoms with Crippen LogP contribution >= 0.6 is 15.9 Å². The van der Waals surface area contributed by atoms with Gasteiger partial charge >= 0.3 is 0 Å². The molecule has 5 nitrogen and oxygen atoms in total. The van der Waals surface area contributed by atoms with Gasteiger partial charge < -0.3 is 15.5 Å². The standard InChI is InChI=1S/C20H20BrN3O2/c1-13(15-7-9-16(21)10-8-15)23-19(25)18-12-26-20(24-18)17(22)11-14-5-3-2-4-6-14/h2-10,12-13,17H,11,22H2,1H3,(H,23,25). The fourth-order valence-electron chi connectivity index (χ4n) is 2.62. The number of nitrogens with one attached hydrogen (secondary N) is 1. The molecule has 0 aliphatic carbocycles. The van der Waals surface area contributed by atoms with E-state index in [2.05, 4.69) is 26.2 Å². The van der Waals surface area contributed by atoms with Crippen LogP contribution in [-0.2, 0) is 6.42 Å². The van der Waals surface area contributed by atoms with Crippen molar-refractivity contribution in [2.75, 3.05) is 0 Å². The van der Waals surface area contributed by atoms with Crippen molar-refractivity contribution in [1.82, 2.24) is 10.3 Å². The molecule has 134 valence electrons. The third-order valence-corrected chi connectivity index (χ3v) is 4.62. The highest BCUT2D eigenvalue weighted by Gasteiger charge is 2.19. The fourth-order valence-corrected chi connectivity index (χ4v) is 2.89. The minimum absolute atomic E-state index is 0.145. The summed E-state index contributed by atoms with van der Waals surface area (Å²) in [7, 11) is 0. The van der Waals surface area contributed by atoms with E-state index < -0.39 is 6.04 Å². The van der Waals surface area contributed by atoms with Gasteiger partial charge in [0.05, 0.1) is 12.1 Å². The molecule has 2 unspecified atom stereocenters. The summed E-state index contributed by atoms with van der Waals surface area (Å²) in [6.45, 7) is 1.92. The van der Waals surface area contributed by atoms with Crippen LogP contribution in [0.2, 0.25) is 0 Å². The van der Waals surface area contributed by atoms with Crippen molar-refractivity contribution in [1.29, 1.82) is 0 Å². The number of carbonyl (C=O) groups is 1. The van der Waals surface area contributed by atoms with Gasteiger partial charge in [-0.2, -0.15) is 0 Å². The zero-order valence-electron chi connectivity index (χ0n) is 14.4. The van der Waals surface area contributed by atoms with E-state index in [1.54, 1.807) is 0 Å². The number of benzene rings is 2. The molecule has 0 fully saturated rings. The third kappa shape index (κ3) is 4.59. The van der Waals surface area contributed by atoms with E-state index in [0.717, 1.165) is 15.6 Å². The topological polar surface area (TPSA) is 81.2 Å². The van der Waals surface area contributed by atoms with E-state index in [0.29, 0.717) is 12.3 Å². The smallest absolute Gasteiger partial charge is 0.273 e. The minimum Gasteiger partial charge on any atom is -0.446 e. The Morgan fingerprint density at radius 3 is 2.58 bits per heavy atom. The summed E-state index contributed by atoms with van der Waals surface area (Å²) in [4.78, 5) is 16.7. The summed E-state index contributed by atoms with van der Waals surface area (Å²) in [5, 5.41) is 2.92. The number of halogens is 1. The molecule has 1 heterocycles. The molecule has 3 N–H and O–H groups in total. The first-order valence-corrected chi connectivity index (χ1v) is 9.13. The van der Waals surface area contributed by atoms with Crippen molar-refractivity contribution in [3.63, 3.8) is 0 Å². The van der Waals surface area contributed by atoms with E-state index in [-0.39, 0.29) is 17.6 Å². The molecule has 0 bridgehead atoms. The number of nitrogens with zero attached hydrogens (tertiary/aromatic N) is 1. The molecule has 0 saturated carbocycles. The van der Waals surface area contributed by atoms with Crippen LogP contribution < -0.4 is 11.1 Å². The van der Waals surface area contributed by atoms with E-state index in [4.69, 9.17) is 10.2 Å². The first-order valence-electron chi connectivity index (χ1n) is 8.34. The van der Waals surface area contributed by atoms with Gasteiger partial charge in [-0.3, -0.25) is 4.79 Å². The molecular formula is C20H20BrN3O2. The SMILES string of the molecule is CC(NC(=O)c1coc(C(N)Cc2ccccc2)n1)c1ccc(Br)cc1. The second-order valence-corrected chi connectivity index (χ2v) is 7.03. The van der Waals surface area contributed by atoms with Crippen molar-refractivity contribution in [3.8, 4) is 0 Å². The maximum absolute atomic E-state index is 12.4. The zero-order valence-corrected chi connectivity index (χ0v) is 15.9. The van der Waals surface area contributed by atoms with Gasteiger partial charge in [-0.1, -0.05) is 58.4 Å². The predicted molar refractivity (Wildman–Crippen MR) is 104 cm³/mol. The van der Waals surface area contributed by atoms with Crippen LogP contribution in [0.15, 0.2) is 69.8 Å². The Morgan fingerprint density at radius 2 is 1.88 bits per heavy atom. The molecule has 0 aliphatic rings. The normalized spacial score (nSPS) is 13.2. The lowest BCUT2D eigenvalue weighted by molar-refractivity contribution is 0.0935. The number of aromatic nitrogens is 1. The number of amides is 1. The number of carbonyl (C=O) groups excluding carboxylic acids is 1. The molecule has 1 amide bonds. The van der Waals surface area contributed by atoms with E-state index in [1.165, 1.54) is 6.26 Å². The van der Waals surface area contributed by atoms with Crippen LogP contribution in [0.3, 0.4) is 0 Å². The van der Waals surface area contributed by atoms with Crippen LogP contribution in [0.5, 0.6) is 0 Å². The summed E-state index contributed by atoms with van der Waals surface area (Å²) >= 11 is 3.40. The number of oxazole rings is 1. The molecule has 0 radical (unpaired) electrons. The molecule has 6 heteroatoms. The molecule has 3 aromatic rings. The number of rotatable bonds is 6. The van der Waals surface area contributed by atoms with Crippen molar-refractivity contribution < 1.29 is 9.21 Å². The van der Waals surface area contributed by atoms with Gasteiger partial charge in [-0.15, -0.1) is 0 Å². The number of nitrogens with two attached hydrogens (primary N) is 1. The fraction of sp³-hybridized carbons (Fsp3) is 0.200. The summed E-state index contributed by atoms with van der Waals surface area (Å²) in [6, 6.07) is 17.1. The Bertz CT molecular complexity index is 862. The van der Waals surface area contributed by atoms with Crippen molar-refractivity contribution in [2.45, 2.75) is 25.4 Å². The largest absolute Gasteiger partial charge is 0.446 e. The van der Waals surface area contributed by atoms with Gasteiger partial charge in [0.15, 0.2) is 5.69 Å². The molecule has 0 saturated heterocycles. The lowest BCUT2D eigenvalue weighted by Gasteiger charge is -2.13. The Morgan fingerprint density at radius 1 is 1.19 bits per heavy atom. The first kappa shape index (κ1) is 18.4. The lowest BCUT2D eigenvalue weighted by atomic mass is 10.1. The number of hydrogen-bond donors (Lipinski definition) is 2. The summed E-state index contributed by atoms with van der Waals surface area (Å²) in [5.41, 5.74) is 8.48. The maximum atomic E-state index is 12.4. The Kier molecular flexibility index (Phi) is 5.85. The zero-order chi connectivity index (χ0) is 18.5. The lowest BCUT2D eigenvalue weighted by Crippen LogP contribution is -2.27. The van der Waals surface area contributed by atoms with Gasteiger partial charge in [0, 0.05) is 4.47 Å². The highest BCUT2D eigenvalue weighted by Crippen LogP contribution is 2.18. The van der Waals surface area contributed by atoms with Crippen LogP contribution in [0.4, 0.5) is 0 Å². The molecule has 3 rings (SSSR count). The van der Waals surface area contributed by atoms with Crippen LogP contribution in [-0.4, -0.2) is 10.9 Å². The first-order chi connectivity index (χ1) is 12.5. The Hall–Kier alpha value is -2.44. The van der Waals surface area contributed by atoms with Crippen molar-refractivity contribution in [2.24, 2.45) is 5.73 Å². The highest BCUT2D eigenvalue weighted by molar-refractivity contribution is 9.10. The average molecular weight is 414 g/mol. The third-order valence-electron chi connectivity index (χ3n) is 4.09. The molecule has 0 spiro atoms. The van der Waals surface area contributed by atoms with E-state index >= 15 is 0 Å². The van der Waals surface area contributed by atoms with Crippen LogP contribution in [0, 0.1) is 0 Å². The molecule has 0 aliphatic heterocycles. The van der Waals surface area contributed by atoms with Gasteiger partial charge in [-0.05, 0) is 36.6 Å². The minimum atomic E-state index is -0.400. The highest BCUT2D eigenvalue weighted by atomic mass is 79.9. The summed E-state index contributed by atoms with van der Waals surface area (Å²) < 4.78 is 6.41. The van der Waals surface area contributed by atoms with Crippen molar-refractivity contribution in [3.05, 3.63) is 88.0 Å². The van der Waals surface area contributed by atoms with Crippen LogP contribution in [0.1, 0.15) is 46.5 Å². The predicted octanol–water partition coefficient (Wildman–Crippen LogP) is 4.17. The molecule has 1 aromatic heterocycles. The van der Waals surface area contributed by atoms with E-state index in [9.17, 15) is 4.79 Å². The van der Waals surface area contributed by atoms with E-state index in [1.807, 2.05) is 61.5 Å². The van der Waals surface area contributed by atoms with Gasteiger partial charge in [0.25, 0.3) is 5.91 Å². The average Bonchev–Trinajstić information content (AvgIpc) is 3.13. The maximum Gasteiger partial charge on any atom is 0.273 e. The Balaban J connectivity index is 1.63. The second-order valence-electron chi connectivity index (χ2n) is 6.11. The van der Waals surface area contributed by atoms with Gasteiger partial charge in [0.2, 0.25) is 5.89 Å². The summed E-state index contributed by atoms with van der Waals surface area (Å²) in [5.74, 6) is 0.0672. The quantitative estimate of drug-likeness (QED) is 0.635. The second kappa shape index (κ2) is 8.29. The molecular weight excluding hydrogens is 394 g/mol. The Labute approximate surface area is 160 Å². The molecule has 26 heavy (non-hydrogen) atoms. The van der Waals surface area contributed by atoms with Crippen molar-refractivity contribution >= 4 is 21.8 Å². The number of hydrogen-bond acceptors (Lipinski definition) is 4. The monoisotopic (exact) mass is 413 g/mol. The molecule has 2 aromatic carbocycles. The van der Waals surface area contributed by atoms with Gasteiger partial charge in [-0.25, -0.2) is 4.98 Å². The molecule has 2 atom stereocenters. The van der Waals surface area contributed by atoms with Gasteiger partial charge in [0.1, 0.15) is 6.26 Å². The summed E-state index contributed by atoms with van der Waals surface area (Å²) in [6.07, 6.45) is 1.95.